The predicted molar refractivity (Wildman–Crippen MR) is 104 cm³/mol. The summed E-state index contributed by atoms with van der Waals surface area (Å²) in [5.74, 6) is -0.170. The van der Waals surface area contributed by atoms with Crippen molar-refractivity contribution in [1.82, 2.24) is 5.32 Å². The lowest BCUT2D eigenvalue weighted by molar-refractivity contribution is -0.121. The van der Waals surface area contributed by atoms with Crippen LogP contribution in [0.3, 0.4) is 0 Å². The Kier molecular flexibility index (Phi) is 6.51. The van der Waals surface area contributed by atoms with Gasteiger partial charge in [-0.1, -0.05) is 11.6 Å². The van der Waals surface area contributed by atoms with E-state index in [-0.39, 0.29) is 18.4 Å². The molecule has 7 nitrogen and oxygen atoms in total. The minimum Gasteiger partial charge on any atom is -0.465 e. The second-order valence-corrected chi connectivity index (χ2v) is 6.29. The number of benzene rings is 1. The van der Waals surface area contributed by atoms with Crippen molar-refractivity contribution >= 4 is 40.9 Å². The molecule has 8 heteroatoms. The maximum atomic E-state index is 12.0. The van der Waals surface area contributed by atoms with Gasteiger partial charge in [0.1, 0.15) is 5.76 Å². The molecule has 1 aromatic heterocycles. The zero-order chi connectivity index (χ0) is 19.1. The number of amides is 2. The second-order valence-electron chi connectivity index (χ2n) is 5.88. The minimum absolute atomic E-state index is 0.149. The van der Waals surface area contributed by atoms with Crippen molar-refractivity contribution in [2.75, 3.05) is 43.1 Å². The summed E-state index contributed by atoms with van der Waals surface area (Å²) < 4.78 is 10.4. The number of hydrogen-bond donors (Lipinski definition) is 2. The van der Waals surface area contributed by atoms with Crippen LogP contribution >= 0.6 is 11.6 Å². The fourth-order valence-electron chi connectivity index (χ4n) is 2.62. The van der Waals surface area contributed by atoms with Crippen LogP contribution in [0.25, 0.3) is 6.08 Å². The molecule has 1 fully saturated rings. The van der Waals surface area contributed by atoms with E-state index >= 15 is 0 Å². The average Bonchev–Trinajstić information content (AvgIpc) is 3.19. The number of halogens is 1. The van der Waals surface area contributed by atoms with Crippen LogP contribution in [0.4, 0.5) is 11.4 Å². The highest BCUT2D eigenvalue weighted by molar-refractivity contribution is 6.33. The molecule has 1 saturated heterocycles. The van der Waals surface area contributed by atoms with Crippen LogP contribution in [0.1, 0.15) is 5.76 Å². The number of furan rings is 1. The van der Waals surface area contributed by atoms with Crippen LogP contribution < -0.4 is 15.5 Å². The van der Waals surface area contributed by atoms with Gasteiger partial charge in [0.05, 0.1) is 36.7 Å². The van der Waals surface area contributed by atoms with Gasteiger partial charge in [-0.05, 0) is 36.4 Å². The Balaban J connectivity index is 1.48. The number of carbonyl (C=O) groups excluding carboxylic acids is 2. The molecule has 27 heavy (non-hydrogen) atoms. The van der Waals surface area contributed by atoms with Crippen LogP contribution in [-0.4, -0.2) is 44.7 Å². The topological polar surface area (TPSA) is 83.8 Å². The fraction of sp³-hybridized carbons (Fsp3) is 0.263. The molecule has 142 valence electrons. The Morgan fingerprint density at radius 3 is 2.74 bits per heavy atom. The summed E-state index contributed by atoms with van der Waals surface area (Å²) >= 11 is 6.34. The first kappa shape index (κ1) is 19.0. The Morgan fingerprint density at radius 1 is 1.22 bits per heavy atom. The normalized spacial score (nSPS) is 14.3. The lowest BCUT2D eigenvalue weighted by atomic mass is 10.2. The molecule has 0 spiro atoms. The molecule has 0 radical (unpaired) electrons. The van der Waals surface area contributed by atoms with Crippen molar-refractivity contribution in [1.29, 1.82) is 0 Å². The fourth-order valence-corrected chi connectivity index (χ4v) is 2.92. The highest BCUT2D eigenvalue weighted by atomic mass is 35.5. The summed E-state index contributed by atoms with van der Waals surface area (Å²) in [5.41, 5.74) is 1.48. The van der Waals surface area contributed by atoms with E-state index in [0.717, 1.165) is 18.8 Å². The SMILES string of the molecule is O=C(C=Cc1ccco1)NCC(=O)Nc1ccc(N2CCOCC2)c(Cl)c1. The van der Waals surface area contributed by atoms with Crippen molar-refractivity contribution < 1.29 is 18.7 Å². The molecule has 0 unspecified atom stereocenters. The van der Waals surface area contributed by atoms with Crippen molar-refractivity contribution in [2.24, 2.45) is 0 Å². The van der Waals surface area contributed by atoms with Gasteiger partial charge < -0.3 is 24.7 Å². The quantitative estimate of drug-likeness (QED) is 0.742. The highest BCUT2D eigenvalue weighted by Crippen LogP contribution is 2.29. The summed E-state index contributed by atoms with van der Waals surface area (Å²) in [6.07, 6.45) is 4.35. The van der Waals surface area contributed by atoms with Gasteiger partial charge in [-0.3, -0.25) is 9.59 Å². The third-order valence-corrected chi connectivity index (χ3v) is 4.25. The smallest absolute Gasteiger partial charge is 0.244 e. The van der Waals surface area contributed by atoms with Crippen LogP contribution in [0, 0.1) is 0 Å². The zero-order valence-corrected chi connectivity index (χ0v) is 15.4. The minimum atomic E-state index is -0.387. The Morgan fingerprint density at radius 2 is 2.04 bits per heavy atom. The molecule has 0 atom stereocenters. The molecular weight excluding hydrogens is 370 g/mol. The number of nitrogens with one attached hydrogen (secondary N) is 2. The molecule has 3 rings (SSSR count). The number of ether oxygens (including phenoxy) is 1. The number of morpholine rings is 1. The van der Waals surface area contributed by atoms with Gasteiger partial charge in [-0.25, -0.2) is 0 Å². The first-order valence-corrected chi connectivity index (χ1v) is 8.91. The standard InChI is InChI=1S/C19H20ClN3O4/c20-16-12-14(3-5-17(16)23-7-10-26-11-8-23)22-19(25)13-21-18(24)6-4-15-2-1-9-27-15/h1-6,9,12H,7-8,10-11,13H2,(H,21,24)(H,22,25). The number of rotatable bonds is 6. The molecule has 2 N–H and O–H groups in total. The summed E-state index contributed by atoms with van der Waals surface area (Å²) in [5, 5.41) is 5.78. The first-order chi connectivity index (χ1) is 13.1. The van der Waals surface area contributed by atoms with Gasteiger partial charge in [-0.2, -0.15) is 0 Å². The van der Waals surface area contributed by atoms with Crippen molar-refractivity contribution in [2.45, 2.75) is 0 Å². The molecule has 1 aliphatic rings. The summed E-state index contributed by atoms with van der Waals surface area (Å²) in [6, 6.07) is 8.80. The van der Waals surface area contributed by atoms with Gasteiger partial charge in [0.2, 0.25) is 11.8 Å². The first-order valence-electron chi connectivity index (χ1n) is 8.53. The maximum Gasteiger partial charge on any atom is 0.244 e. The summed E-state index contributed by atoms with van der Waals surface area (Å²) in [7, 11) is 0. The molecule has 0 aliphatic carbocycles. The molecular formula is C19H20ClN3O4. The van der Waals surface area contributed by atoms with Crippen molar-refractivity contribution in [3.8, 4) is 0 Å². The summed E-state index contributed by atoms with van der Waals surface area (Å²) in [4.78, 5) is 25.9. The van der Waals surface area contributed by atoms with E-state index in [2.05, 4.69) is 15.5 Å². The van der Waals surface area contributed by atoms with E-state index in [4.69, 9.17) is 20.8 Å². The van der Waals surface area contributed by atoms with E-state index in [1.54, 1.807) is 24.3 Å². The van der Waals surface area contributed by atoms with Gasteiger partial charge in [0.15, 0.2) is 0 Å². The lowest BCUT2D eigenvalue weighted by Crippen LogP contribution is -2.36. The third kappa shape index (κ3) is 5.60. The Labute approximate surface area is 161 Å². The monoisotopic (exact) mass is 389 g/mol. The summed E-state index contributed by atoms with van der Waals surface area (Å²) in [6.45, 7) is 2.75. The average molecular weight is 390 g/mol. The number of anilines is 2. The van der Waals surface area contributed by atoms with Crippen LogP contribution in [0.15, 0.2) is 47.1 Å². The number of hydrogen-bond acceptors (Lipinski definition) is 5. The van der Waals surface area contributed by atoms with Gasteiger partial charge in [0, 0.05) is 24.9 Å². The Bertz CT molecular complexity index is 814. The third-order valence-electron chi connectivity index (χ3n) is 3.95. The molecule has 1 aliphatic heterocycles. The van der Waals surface area contributed by atoms with E-state index in [1.807, 2.05) is 6.07 Å². The van der Waals surface area contributed by atoms with Gasteiger partial charge in [-0.15, -0.1) is 0 Å². The van der Waals surface area contributed by atoms with Crippen molar-refractivity contribution in [3.05, 3.63) is 53.5 Å². The predicted octanol–water partition coefficient (Wildman–Crippen LogP) is 2.54. The van der Waals surface area contributed by atoms with E-state index < -0.39 is 0 Å². The molecule has 1 aromatic carbocycles. The van der Waals surface area contributed by atoms with Gasteiger partial charge >= 0.3 is 0 Å². The molecule has 0 bridgehead atoms. The van der Waals surface area contributed by atoms with E-state index in [0.29, 0.717) is 29.7 Å². The number of carbonyl (C=O) groups is 2. The zero-order valence-electron chi connectivity index (χ0n) is 14.6. The second kappa shape index (κ2) is 9.25. The largest absolute Gasteiger partial charge is 0.465 e. The lowest BCUT2D eigenvalue weighted by Gasteiger charge is -2.29. The van der Waals surface area contributed by atoms with Crippen LogP contribution in [0.2, 0.25) is 5.02 Å². The molecule has 2 amide bonds. The van der Waals surface area contributed by atoms with Gasteiger partial charge in [0.25, 0.3) is 0 Å². The molecule has 2 heterocycles. The molecule has 0 saturated carbocycles. The van der Waals surface area contributed by atoms with E-state index in [9.17, 15) is 9.59 Å². The van der Waals surface area contributed by atoms with Crippen LogP contribution in [0.5, 0.6) is 0 Å². The van der Waals surface area contributed by atoms with Crippen LogP contribution in [-0.2, 0) is 14.3 Å². The highest BCUT2D eigenvalue weighted by Gasteiger charge is 2.15. The molecule has 2 aromatic rings. The van der Waals surface area contributed by atoms with Crippen molar-refractivity contribution in [3.63, 3.8) is 0 Å². The number of nitrogens with zero attached hydrogens (tertiary/aromatic N) is 1. The Hall–Kier alpha value is -2.77. The van der Waals surface area contributed by atoms with E-state index in [1.165, 1.54) is 18.4 Å². The maximum absolute atomic E-state index is 12.0.